The highest BCUT2D eigenvalue weighted by molar-refractivity contribution is 9.10. The molecule has 0 bridgehead atoms. The highest BCUT2D eigenvalue weighted by atomic mass is 79.9. The summed E-state index contributed by atoms with van der Waals surface area (Å²) in [5.74, 6) is 0.823. The first-order valence-electron chi connectivity index (χ1n) is 6.58. The summed E-state index contributed by atoms with van der Waals surface area (Å²) in [6.07, 6.45) is 1.57. The fraction of sp³-hybridized carbons (Fsp3) is 0.385. The van der Waals surface area contributed by atoms with E-state index in [9.17, 15) is 10.1 Å². The Bertz CT molecular complexity index is 630. The second-order valence-electron chi connectivity index (χ2n) is 4.41. The predicted molar refractivity (Wildman–Crippen MR) is 81.0 cm³/mol. The zero-order valence-electron chi connectivity index (χ0n) is 11.5. The van der Waals surface area contributed by atoms with E-state index in [1.807, 2.05) is 6.92 Å². The van der Waals surface area contributed by atoms with Crippen LogP contribution in [0.15, 0.2) is 27.1 Å². The summed E-state index contributed by atoms with van der Waals surface area (Å²) in [5, 5.41) is 22.0. The van der Waals surface area contributed by atoms with Crippen molar-refractivity contribution < 1.29 is 9.34 Å². The van der Waals surface area contributed by atoms with Crippen LogP contribution in [0.4, 0.5) is 5.69 Å². The smallest absolute Gasteiger partial charge is 0.271 e. The number of benzene rings is 1. The molecule has 1 aromatic carbocycles. The van der Waals surface area contributed by atoms with E-state index in [1.54, 1.807) is 6.07 Å². The number of aromatic nitrogens is 2. The lowest BCUT2D eigenvalue weighted by atomic mass is 10.2. The number of hydrogen-bond donors (Lipinski definition) is 1. The number of nitro groups is 1. The first-order chi connectivity index (χ1) is 10.1. The van der Waals surface area contributed by atoms with Crippen LogP contribution < -0.4 is 5.32 Å². The molecule has 2 aromatic rings. The van der Waals surface area contributed by atoms with Gasteiger partial charge in [-0.1, -0.05) is 22.9 Å². The Hall–Kier alpha value is -1.80. The molecule has 112 valence electrons. The molecule has 2 rings (SSSR count). The lowest BCUT2D eigenvalue weighted by Crippen LogP contribution is -2.14. The summed E-state index contributed by atoms with van der Waals surface area (Å²) in [6.45, 7) is 3.86. The molecule has 0 spiro atoms. The van der Waals surface area contributed by atoms with Gasteiger partial charge in [0.05, 0.1) is 4.92 Å². The maximum absolute atomic E-state index is 10.9. The number of rotatable bonds is 7. The topological polar surface area (TPSA) is 94.1 Å². The maximum Gasteiger partial charge on any atom is 0.271 e. The number of aryl methyl sites for hydroxylation is 1. The molecule has 0 fully saturated rings. The highest BCUT2D eigenvalue weighted by Crippen LogP contribution is 2.27. The molecule has 1 aromatic heterocycles. The summed E-state index contributed by atoms with van der Waals surface area (Å²) >= 11 is 3.24. The summed E-state index contributed by atoms with van der Waals surface area (Å²) in [6, 6.07) is 4.56. The molecule has 1 heterocycles. The molecule has 0 aliphatic heterocycles. The first-order valence-corrected chi connectivity index (χ1v) is 7.38. The highest BCUT2D eigenvalue weighted by Gasteiger charge is 2.14. The van der Waals surface area contributed by atoms with E-state index >= 15 is 0 Å². The largest absolute Gasteiger partial charge is 0.421 e. The minimum absolute atomic E-state index is 0.0220. The van der Waals surface area contributed by atoms with Gasteiger partial charge in [-0.15, -0.1) is 10.2 Å². The SMILES string of the molecule is CCNCCCc1nnc(-c2cc(Br)cc([N+](=O)[O-])c2)o1. The van der Waals surface area contributed by atoms with E-state index in [0.29, 0.717) is 22.3 Å². The van der Waals surface area contributed by atoms with Gasteiger partial charge in [-0.05, 0) is 25.6 Å². The van der Waals surface area contributed by atoms with Crippen LogP contribution in [0.1, 0.15) is 19.2 Å². The van der Waals surface area contributed by atoms with Crippen LogP contribution >= 0.6 is 15.9 Å². The Labute approximate surface area is 130 Å². The second-order valence-corrected chi connectivity index (χ2v) is 5.33. The Kier molecular flexibility index (Phi) is 5.40. The molecule has 0 unspecified atom stereocenters. The summed E-state index contributed by atoms with van der Waals surface area (Å²) in [7, 11) is 0. The van der Waals surface area contributed by atoms with E-state index in [1.165, 1.54) is 12.1 Å². The molecule has 0 aliphatic carbocycles. The molecule has 7 nitrogen and oxygen atoms in total. The van der Waals surface area contributed by atoms with Crippen LogP contribution in [0.3, 0.4) is 0 Å². The molecule has 0 saturated heterocycles. The Morgan fingerprint density at radius 3 is 2.90 bits per heavy atom. The van der Waals surface area contributed by atoms with Gasteiger partial charge in [0.15, 0.2) is 0 Å². The van der Waals surface area contributed by atoms with Gasteiger partial charge in [-0.2, -0.15) is 0 Å². The lowest BCUT2D eigenvalue weighted by molar-refractivity contribution is -0.384. The summed E-state index contributed by atoms with van der Waals surface area (Å²) in [4.78, 5) is 10.4. The van der Waals surface area contributed by atoms with Crippen LogP contribution in [0.25, 0.3) is 11.5 Å². The van der Waals surface area contributed by atoms with Crippen molar-refractivity contribution in [2.75, 3.05) is 13.1 Å². The average molecular weight is 355 g/mol. The Morgan fingerprint density at radius 1 is 1.38 bits per heavy atom. The zero-order chi connectivity index (χ0) is 15.2. The van der Waals surface area contributed by atoms with Gasteiger partial charge in [0.2, 0.25) is 11.8 Å². The van der Waals surface area contributed by atoms with Crippen molar-refractivity contribution in [1.29, 1.82) is 0 Å². The maximum atomic E-state index is 10.9. The molecule has 8 heteroatoms. The summed E-state index contributed by atoms with van der Waals surface area (Å²) < 4.78 is 6.14. The molecule has 0 aliphatic rings. The lowest BCUT2D eigenvalue weighted by Gasteiger charge is -1.99. The van der Waals surface area contributed by atoms with Crippen molar-refractivity contribution >= 4 is 21.6 Å². The molecule has 1 N–H and O–H groups in total. The van der Waals surface area contributed by atoms with Crippen molar-refractivity contribution in [3.05, 3.63) is 38.7 Å². The molecule has 0 radical (unpaired) electrons. The molecule has 0 saturated carbocycles. The minimum Gasteiger partial charge on any atom is -0.421 e. The summed E-state index contributed by atoms with van der Waals surface area (Å²) in [5.41, 5.74) is 0.507. The third-order valence-electron chi connectivity index (χ3n) is 2.80. The van der Waals surface area contributed by atoms with Gasteiger partial charge in [0.1, 0.15) is 0 Å². The van der Waals surface area contributed by atoms with Crippen LogP contribution in [-0.4, -0.2) is 28.2 Å². The number of nitrogens with one attached hydrogen (secondary N) is 1. The van der Waals surface area contributed by atoms with Crippen LogP contribution in [-0.2, 0) is 6.42 Å². The normalized spacial score (nSPS) is 10.8. The van der Waals surface area contributed by atoms with E-state index < -0.39 is 4.92 Å². The van der Waals surface area contributed by atoms with Gasteiger partial charge in [-0.25, -0.2) is 0 Å². The van der Waals surface area contributed by atoms with Gasteiger partial charge >= 0.3 is 0 Å². The third-order valence-corrected chi connectivity index (χ3v) is 3.26. The van der Waals surface area contributed by atoms with Gasteiger partial charge in [0, 0.05) is 28.6 Å². The fourth-order valence-corrected chi connectivity index (χ4v) is 2.30. The van der Waals surface area contributed by atoms with Crippen molar-refractivity contribution in [3.63, 3.8) is 0 Å². The van der Waals surface area contributed by atoms with Crippen molar-refractivity contribution in [2.45, 2.75) is 19.8 Å². The monoisotopic (exact) mass is 354 g/mol. The number of non-ortho nitro benzene ring substituents is 1. The molecular formula is C13H15BrN4O3. The van der Waals surface area contributed by atoms with Crippen LogP contribution in [0.2, 0.25) is 0 Å². The second kappa shape index (κ2) is 7.28. The molecule has 21 heavy (non-hydrogen) atoms. The number of nitrogens with zero attached hydrogens (tertiary/aromatic N) is 3. The van der Waals surface area contributed by atoms with E-state index in [2.05, 4.69) is 31.4 Å². The van der Waals surface area contributed by atoms with Crippen molar-refractivity contribution in [3.8, 4) is 11.5 Å². The minimum atomic E-state index is -0.456. The zero-order valence-corrected chi connectivity index (χ0v) is 13.1. The predicted octanol–water partition coefficient (Wildman–Crippen LogP) is 2.95. The van der Waals surface area contributed by atoms with Crippen LogP contribution in [0, 0.1) is 10.1 Å². The Balaban J connectivity index is 2.12. The van der Waals surface area contributed by atoms with Crippen molar-refractivity contribution in [2.24, 2.45) is 0 Å². The van der Waals surface area contributed by atoms with Crippen molar-refractivity contribution in [1.82, 2.24) is 15.5 Å². The first kappa shape index (κ1) is 15.6. The van der Waals surface area contributed by atoms with E-state index in [4.69, 9.17) is 4.42 Å². The quantitative estimate of drug-likeness (QED) is 0.466. The van der Waals surface area contributed by atoms with E-state index in [-0.39, 0.29) is 11.6 Å². The average Bonchev–Trinajstić information content (AvgIpc) is 2.92. The van der Waals surface area contributed by atoms with Gasteiger partial charge in [0.25, 0.3) is 5.69 Å². The fourth-order valence-electron chi connectivity index (χ4n) is 1.82. The van der Waals surface area contributed by atoms with Gasteiger partial charge < -0.3 is 9.73 Å². The van der Waals surface area contributed by atoms with Gasteiger partial charge in [-0.3, -0.25) is 10.1 Å². The number of nitro benzene ring substituents is 1. The molecular weight excluding hydrogens is 340 g/mol. The number of hydrogen-bond acceptors (Lipinski definition) is 6. The standard InChI is InChI=1S/C13H15BrN4O3/c1-2-15-5-3-4-12-16-17-13(21-12)9-6-10(14)8-11(7-9)18(19)20/h6-8,15H,2-5H2,1H3. The number of halogens is 1. The third kappa shape index (κ3) is 4.33. The van der Waals surface area contributed by atoms with E-state index in [0.717, 1.165) is 19.5 Å². The molecule has 0 atom stereocenters. The molecule has 0 amide bonds. The Morgan fingerprint density at radius 2 is 2.19 bits per heavy atom. The van der Waals surface area contributed by atoms with Crippen LogP contribution in [0.5, 0.6) is 0 Å².